The lowest BCUT2D eigenvalue weighted by atomic mass is 10.0. The Labute approximate surface area is 155 Å². The molecule has 2 atom stereocenters. The highest BCUT2D eigenvalue weighted by atomic mass is 35.5. The summed E-state index contributed by atoms with van der Waals surface area (Å²) >= 11 is 0. The number of hydrogen-bond acceptors (Lipinski definition) is 3. The zero-order chi connectivity index (χ0) is 15.1. The summed E-state index contributed by atoms with van der Waals surface area (Å²) in [5.41, 5.74) is 12.9. The molecule has 0 amide bonds. The number of nitrogens with two attached hydrogens (primary N) is 1. The molecule has 3 N–H and O–H groups in total. The van der Waals surface area contributed by atoms with E-state index in [1.54, 1.807) is 0 Å². The molecule has 1 saturated heterocycles. The summed E-state index contributed by atoms with van der Waals surface area (Å²) in [7, 11) is 0. The molecule has 0 aromatic heterocycles. The highest BCUT2D eigenvalue weighted by Crippen LogP contribution is 2.36. The van der Waals surface area contributed by atoms with Crippen molar-refractivity contribution in [2.24, 2.45) is 5.73 Å². The Bertz CT molecular complexity index is 698. The first-order valence-corrected chi connectivity index (χ1v) is 8.05. The number of rotatable bonds is 2. The maximum atomic E-state index is 9.88. The van der Waals surface area contributed by atoms with Crippen LogP contribution in [0.15, 0.2) is 42.5 Å². The molecule has 0 spiro atoms. The predicted molar refractivity (Wildman–Crippen MR) is 103 cm³/mol. The third kappa shape index (κ3) is 3.76. The normalized spacial score (nSPS) is 22.1. The van der Waals surface area contributed by atoms with Crippen molar-refractivity contribution in [3.8, 4) is 11.1 Å². The number of piperidine rings is 1. The number of benzene rings is 2. The number of halogens is 2. The molecule has 0 unspecified atom stereocenters. The number of fused-ring (bicyclic) bond motifs is 3. The summed E-state index contributed by atoms with van der Waals surface area (Å²) in [4.78, 5) is 2.27. The lowest BCUT2D eigenvalue weighted by molar-refractivity contribution is 0.0564. The fourth-order valence-corrected chi connectivity index (χ4v) is 3.89. The Balaban J connectivity index is 0.00000104. The van der Waals surface area contributed by atoms with E-state index in [1.165, 1.54) is 27.8 Å². The molecule has 130 valence electrons. The van der Waals surface area contributed by atoms with Crippen LogP contribution in [0.3, 0.4) is 0 Å². The van der Waals surface area contributed by atoms with Gasteiger partial charge in [-0.1, -0.05) is 42.5 Å². The molecule has 0 radical (unpaired) electrons. The minimum atomic E-state index is -0.289. The van der Waals surface area contributed by atoms with Crippen LogP contribution < -0.4 is 5.73 Å². The van der Waals surface area contributed by atoms with E-state index in [1.807, 2.05) is 0 Å². The Kier molecular flexibility index (Phi) is 6.29. The lowest BCUT2D eigenvalue weighted by Crippen LogP contribution is -2.48. The van der Waals surface area contributed by atoms with Gasteiger partial charge in [-0.3, -0.25) is 4.90 Å². The molecule has 1 aliphatic carbocycles. The van der Waals surface area contributed by atoms with Crippen LogP contribution in [0.25, 0.3) is 11.1 Å². The van der Waals surface area contributed by atoms with Gasteiger partial charge < -0.3 is 10.8 Å². The second kappa shape index (κ2) is 7.85. The number of β-amino-alcohol motifs (C(OH)–C–C–N with tert-alkyl or cyclic N) is 1. The van der Waals surface area contributed by atoms with E-state index in [0.717, 1.165) is 32.5 Å². The predicted octanol–water partition coefficient (Wildman–Crippen LogP) is 3.00. The van der Waals surface area contributed by atoms with Gasteiger partial charge in [0.1, 0.15) is 0 Å². The van der Waals surface area contributed by atoms with Gasteiger partial charge in [-0.15, -0.1) is 24.8 Å². The fourth-order valence-electron chi connectivity index (χ4n) is 3.89. The number of hydrogen-bond donors (Lipinski definition) is 2. The van der Waals surface area contributed by atoms with Crippen molar-refractivity contribution in [3.63, 3.8) is 0 Å². The van der Waals surface area contributed by atoms with Crippen LogP contribution in [0, 0.1) is 0 Å². The summed E-state index contributed by atoms with van der Waals surface area (Å²) in [6, 6.07) is 15.5. The van der Waals surface area contributed by atoms with Crippen LogP contribution in [0.4, 0.5) is 0 Å². The smallest absolute Gasteiger partial charge is 0.0682 e. The largest absolute Gasteiger partial charge is 0.392 e. The molecule has 2 aromatic carbocycles. The summed E-state index contributed by atoms with van der Waals surface area (Å²) in [5.74, 6) is 0. The van der Waals surface area contributed by atoms with Crippen LogP contribution in [-0.4, -0.2) is 35.2 Å². The first-order chi connectivity index (χ1) is 10.7. The zero-order valence-corrected chi connectivity index (χ0v) is 15.2. The van der Waals surface area contributed by atoms with E-state index in [-0.39, 0.29) is 37.0 Å². The molecule has 1 fully saturated rings. The van der Waals surface area contributed by atoms with Gasteiger partial charge >= 0.3 is 0 Å². The average Bonchev–Trinajstić information content (AvgIpc) is 2.83. The Morgan fingerprint density at radius 3 is 2.54 bits per heavy atom. The topological polar surface area (TPSA) is 49.5 Å². The van der Waals surface area contributed by atoms with Gasteiger partial charge in [0.25, 0.3) is 0 Å². The van der Waals surface area contributed by atoms with Gasteiger partial charge in [0.05, 0.1) is 6.10 Å². The molecule has 2 aromatic rings. The summed E-state index contributed by atoms with van der Waals surface area (Å²) in [6.07, 6.45) is 1.46. The lowest BCUT2D eigenvalue weighted by Gasteiger charge is -2.34. The summed E-state index contributed by atoms with van der Waals surface area (Å²) < 4.78 is 0. The SMILES string of the molecule is Cl.Cl.N[C@H]1C[C@@H](O)CN(Cc2ccc3c(c2)Cc2ccccc2-3)C1. The fraction of sp³-hybridized carbons (Fsp3) is 0.368. The third-order valence-corrected chi connectivity index (χ3v) is 4.80. The van der Waals surface area contributed by atoms with Gasteiger partial charge in [0, 0.05) is 25.7 Å². The van der Waals surface area contributed by atoms with Crippen molar-refractivity contribution >= 4 is 24.8 Å². The quantitative estimate of drug-likeness (QED) is 0.732. The highest BCUT2D eigenvalue weighted by molar-refractivity contribution is 5.85. The second-order valence-electron chi connectivity index (χ2n) is 6.67. The number of likely N-dealkylation sites (tertiary alicyclic amines) is 1. The summed E-state index contributed by atoms with van der Waals surface area (Å²) in [5, 5.41) is 9.88. The average molecular weight is 367 g/mol. The van der Waals surface area contributed by atoms with Crippen molar-refractivity contribution in [1.29, 1.82) is 0 Å². The Morgan fingerprint density at radius 2 is 1.75 bits per heavy atom. The third-order valence-electron chi connectivity index (χ3n) is 4.80. The minimum absolute atomic E-state index is 0. The molecular formula is C19H24Cl2N2O. The number of aliphatic hydroxyl groups excluding tert-OH is 1. The number of aliphatic hydroxyl groups is 1. The van der Waals surface area contributed by atoms with E-state index in [0.29, 0.717) is 0 Å². The van der Waals surface area contributed by atoms with E-state index in [2.05, 4.69) is 47.4 Å². The van der Waals surface area contributed by atoms with E-state index in [9.17, 15) is 5.11 Å². The van der Waals surface area contributed by atoms with Crippen molar-refractivity contribution < 1.29 is 5.11 Å². The Morgan fingerprint density at radius 1 is 1.00 bits per heavy atom. The minimum Gasteiger partial charge on any atom is -0.392 e. The molecule has 4 rings (SSSR count). The van der Waals surface area contributed by atoms with Crippen molar-refractivity contribution in [2.75, 3.05) is 13.1 Å². The standard InChI is InChI=1S/C19H22N2O.2ClH/c20-16-9-17(22)12-21(11-16)10-13-5-6-19-15(7-13)8-14-3-1-2-4-18(14)19;;/h1-7,16-17,22H,8-12,20H2;2*1H/t16-,17+;;/m0../s1. The van der Waals surface area contributed by atoms with Gasteiger partial charge in [0.15, 0.2) is 0 Å². The zero-order valence-electron chi connectivity index (χ0n) is 13.5. The Hall–Kier alpha value is -1.10. The second-order valence-corrected chi connectivity index (χ2v) is 6.67. The molecule has 0 bridgehead atoms. The van der Waals surface area contributed by atoms with Gasteiger partial charge in [0.2, 0.25) is 0 Å². The van der Waals surface area contributed by atoms with Crippen molar-refractivity contribution in [2.45, 2.75) is 31.5 Å². The first kappa shape index (κ1) is 19.2. The molecule has 5 heteroatoms. The summed E-state index contributed by atoms with van der Waals surface area (Å²) in [6.45, 7) is 2.47. The van der Waals surface area contributed by atoms with Crippen molar-refractivity contribution in [3.05, 3.63) is 59.2 Å². The molecule has 2 aliphatic rings. The highest BCUT2D eigenvalue weighted by Gasteiger charge is 2.24. The van der Waals surface area contributed by atoms with Crippen molar-refractivity contribution in [1.82, 2.24) is 4.90 Å². The first-order valence-electron chi connectivity index (χ1n) is 8.05. The van der Waals surface area contributed by atoms with Crippen LogP contribution in [-0.2, 0) is 13.0 Å². The van der Waals surface area contributed by atoms with E-state index < -0.39 is 0 Å². The van der Waals surface area contributed by atoms with Crippen LogP contribution in [0.5, 0.6) is 0 Å². The molecule has 1 aliphatic heterocycles. The molecule has 0 saturated carbocycles. The van der Waals surface area contributed by atoms with E-state index in [4.69, 9.17) is 5.73 Å². The maximum absolute atomic E-state index is 9.88. The molecule has 24 heavy (non-hydrogen) atoms. The van der Waals surface area contributed by atoms with E-state index >= 15 is 0 Å². The molecule has 1 heterocycles. The molecule has 3 nitrogen and oxygen atoms in total. The van der Waals surface area contributed by atoms with Crippen LogP contribution in [0.2, 0.25) is 0 Å². The number of nitrogens with zero attached hydrogens (tertiary/aromatic N) is 1. The molecular weight excluding hydrogens is 343 g/mol. The van der Waals surface area contributed by atoms with Crippen LogP contribution in [0.1, 0.15) is 23.1 Å². The van der Waals surface area contributed by atoms with Crippen LogP contribution >= 0.6 is 24.8 Å². The van der Waals surface area contributed by atoms with Gasteiger partial charge in [-0.25, -0.2) is 0 Å². The van der Waals surface area contributed by atoms with Gasteiger partial charge in [-0.2, -0.15) is 0 Å². The monoisotopic (exact) mass is 366 g/mol. The van der Waals surface area contributed by atoms with Gasteiger partial charge in [-0.05, 0) is 40.7 Å². The maximum Gasteiger partial charge on any atom is 0.0682 e.